The maximum atomic E-state index is 15.4. The average molecular weight is 589 g/mol. The molecule has 4 aromatic rings. The van der Waals surface area contributed by atoms with Crippen LogP contribution in [0.2, 0.25) is 0 Å². The Morgan fingerprint density at radius 2 is 1.75 bits per heavy atom. The molecule has 40 heavy (non-hydrogen) atoms. The second-order valence-corrected chi connectivity index (χ2v) is 12.9. The third kappa shape index (κ3) is 4.40. The van der Waals surface area contributed by atoms with Crippen molar-refractivity contribution in [2.24, 2.45) is 4.36 Å². The highest BCUT2D eigenvalue weighted by molar-refractivity contribution is 7.94. The monoisotopic (exact) mass is 588 g/mol. The van der Waals surface area contributed by atoms with Crippen molar-refractivity contribution in [3.63, 3.8) is 0 Å². The van der Waals surface area contributed by atoms with E-state index in [9.17, 15) is 13.4 Å². The van der Waals surface area contributed by atoms with E-state index in [-0.39, 0.29) is 35.2 Å². The molecule has 0 spiro atoms. The zero-order valence-electron chi connectivity index (χ0n) is 22.6. The highest BCUT2D eigenvalue weighted by atomic mass is 35.5. The van der Waals surface area contributed by atoms with E-state index in [1.807, 2.05) is 6.92 Å². The normalized spacial score (nSPS) is 18.1. The van der Waals surface area contributed by atoms with Gasteiger partial charge in [0.05, 0.1) is 31.7 Å². The van der Waals surface area contributed by atoms with Crippen molar-refractivity contribution in [3.8, 4) is 17.2 Å². The molecule has 2 aliphatic rings. The predicted octanol–water partition coefficient (Wildman–Crippen LogP) is 4.96. The summed E-state index contributed by atoms with van der Waals surface area (Å²) in [6.45, 7) is 6.14. The number of nitrogens with zero attached hydrogens (tertiary/aromatic N) is 5. The first kappa shape index (κ1) is 28.3. The third-order valence-electron chi connectivity index (χ3n) is 7.65. The molecule has 1 unspecified atom stereocenters. The van der Waals surface area contributed by atoms with E-state index in [1.54, 1.807) is 42.9 Å². The van der Waals surface area contributed by atoms with Gasteiger partial charge in [-0.25, -0.2) is 26.8 Å². The molecule has 2 aromatic carbocycles. The summed E-state index contributed by atoms with van der Waals surface area (Å²) in [6, 6.07) is 7.64. The highest BCUT2D eigenvalue weighted by Gasteiger charge is 2.35. The van der Waals surface area contributed by atoms with E-state index in [4.69, 9.17) is 5.10 Å². The van der Waals surface area contributed by atoms with Crippen molar-refractivity contribution in [2.45, 2.75) is 56.2 Å². The molecule has 1 N–H and O–H groups in total. The van der Waals surface area contributed by atoms with Crippen LogP contribution in [0.25, 0.3) is 17.2 Å². The summed E-state index contributed by atoms with van der Waals surface area (Å²) in [7, 11) is -1.19. The minimum absolute atomic E-state index is 0. The van der Waals surface area contributed by atoms with E-state index in [0.29, 0.717) is 33.9 Å². The van der Waals surface area contributed by atoms with Crippen LogP contribution in [0.3, 0.4) is 0 Å². The van der Waals surface area contributed by atoms with Gasteiger partial charge in [0.1, 0.15) is 17.5 Å². The molecule has 12 heteroatoms. The molecule has 0 bridgehead atoms. The number of nitrogens with one attached hydrogen (secondary N) is 1. The molecule has 0 radical (unpaired) electrons. The topological polar surface area (TPSA) is 86.2 Å². The zero-order chi connectivity index (χ0) is 27.6. The van der Waals surface area contributed by atoms with Gasteiger partial charge >= 0.3 is 5.69 Å². The van der Waals surface area contributed by atoms with E-state index in [0.717, 1.165) is 30.6 Å². The summed E-state index contributed by atoms with van der Waals surface area (Å²) in [5, 5.41) is 8.20. The summed E-state index contributed by atoms with van der Waals surface area (Å²) in [5.74, 6) is -0.409. The Hall–Kier alpha value is -3.28. The largest absolute Gasteiger partial charge is 0.338 e. The minimum atomic E-state index is -2.69. The summed E-state index contributed by atoms with van der Waals surface area (Å²) < 4.78 is 51.6. The average Bonchev–Trinajstić information content (AvgIpc) is 3.61. The van der Waals surface area contributed by atoms with Crippen molar-refractivity contribution in [1.82, 2.24) is 24.2 Å². The van der Waals surface area contributed by atoms with Crippen molar-refractivity contribution in [3.05, 3.63) is 87.2 Å². The smallest absolute Gasteiger partial charge is 0.310 e. The van der Waals surface area contributed by atoms with Crippen LogP contribution in [-0.2, 0) is 16.1 Å². The SMILES string of the molecule is CN=S(=O)(c1ccc(-n2ccn(-c3c4c(nn3-c3cc(C)c(F)c(C)c3)CCN[C@H]4C)c2=O)c(F)c1)C1CC1.Cl. The van der Waals surface area contributed by atoms with Crippen LogP contribution in [0.1, 0.15) is 48.2 Å². The Morgan fingerprint density at radius 1 is 1.07 bits per heavy atom. The summed E-state index contributed by atoms with van der Waals surface area (Å²) in [5.41, 5.74) is 2.87. The molecule has 212 valence electrons. The van der Waals surface area contributed by atoms with Crippen molar-refractivity contribution in [1.29, 1.82) is 0 Å². The lowest BCUT2D eigenvalue weighted by Gasteiger charge is -2.21. The molecule has 1 fully saturated rings. The van der Waals surface area contributed by atoms with E-state index in [1.165, 1.54) is 34.5 Å². The quantitative estimate of drug-likeness (QED) is 0.357. The Labute approximate surface area is 237 Å². The fourth-order valence-corrected chi connectivity index (χ4v) is 7.68. The van der Waals surface area contributed by atoms with E-state index >= 15 is 4.39 Å². The van der Waals surface area contributed by atoms with Crippen LogP contribution in [0.15, 0.2) is 56.8 Å². The van der Waals surface area contributed by atoms with Gasteiger partial charge < -0.3 is 5.32 Å². The van der Waals surface area contributed by atoms with Gasteiger partial charge in [-0.15, -0.1) is 12.4 Å². The highest BCUT2D eigenvalue weighted by Crippen LogP contribution is 2.36. The first-order chi connectivity index (χ1) is 18.6. The first-order valence-electron chi connectivity index (χ1n) is 13.0. The lowest BCUT2D eigenvalue weighted by Crippen LogP contribution is -2.30. The van der Waals surface area contributed by atoms with Crippen molar-refractivity contribution in [2.75, 3.05) is 13.6 Å². The molecule has 2 atom stereocenters. The Kier molecular flexibility index (Phi) is 7.26. The number of aromatic nitrogens is 4. The molecule has 0 amide bonds. The molecule has 1 aliphatic carbocycles. The van der Waals surface area contributed by atoms with Crippen LogP contribution in [-0.4, -0.2) is 42.0 Å². The summed E-state index contributed by atoms with van der Waals surface area (Å²) >= 11 is 0. The number of hydrogen-bond acceptors (Lipinski definition) is 5. The van der Waals surface area contributed by atoms with Gasteiger partial charge in [-0.3, -0.25) is 9.13 Å². The van der Waals surface area contributed by atoms with E-state index < -0.39 is 21.2 Å². The fourth-order valence-electron chi connectivity index (χ4n) is 5.48. The minimum Gasteiger partial charge on any atom is -0.310 e. The molecular weight excluding hydrogens is 558 g/mol. The standard InChI is InChI=1S/C28H30F2N6O2S.ClH/c1-16-13-19(14-17(2)26(16)30)36-27(25-18(3)32-10-9-23(25)33-36)35-12-11-34(28(35)37)24-8-7-21(15-22(24)29)39(38,31-4)20-5-6-20;/h7-8,11-15,18,20,32H,5-6,9-10H2,1-4H3;1H/t18-,39?;/m0./s1. The van der Waals surface area contributed by atoms with Gasteiger partial charge in [0.2, 0.25) is 0 Å². The summed E-state index contributed by atoms with van der Waals surface area (Å²) in [4.78, 5) is 14.1. The van der Waals surface area contributed by atoms with Crippen LogP contribution in [0, 0.1) is 25.5 Å². The predicted molar refractivity (Wildman–Crippen MR) is 153 cm³/mol. The Morgan fingerprint density at radius 3 is 2.38 bits per heavy atom. The number of halogens is 3. The first-order valence-corrected chi connectivity index (χ1v) is 14.6. The molecule has 2 aromatic heterocycles. The van der Waals surface area contributed by atoms with Crippen LogP contribution in [0.4, 0.5) is 8.78 Å². The van der Waals surface area contributed by atoms with Gasteiger partial charge in [-0.05, 0) is 75.1 Å². The molecule has 1 aliphatic heterocycles. The number of hydrogen-bond donors (Lipinski definition) is 1. The second kappa shape index (κ2) is 10.3. The van der Waals surface area contributed by atoms with Gasteiger partial charge in [-0.2, -0.15) is 5.10 Å². The van der Waals surface area contributed by atoms with Crippen LogP contribution >= 0.6 is 12.4 Å². The second-order valence-electron chi connectivity index (χ2n) is 10.3. The van der Waals surface area contributed by atoms with Gasteiger partial charge in [-0.1, -0.05) is 0 Å². The Bertz CT molecular complexity index is 1790. The number of aryl methyl sites for hydroxylation is 2. The van der Waals surface area contributed by atoms with E-state index in [2.05, 4.69) is 9.68 Å². The lowest BCUT2D eigenvalue weighted by atomic mass is 10.0. The van der Waals surface area contributed by atoms with Crippen LogP contribution < -0.4 is 11.0 Å². The molecule has 8 nitrogen and oxygen atoms in total. The molecule has 6 rings (SSSR count). The number of benzene rings is 2. The maximum Gasteiger partial charge on any atom is 0.338 e. The molecule has 0 saturated heterocycles. The molecule has 1 saturated carbocycles. The fraction of sp³-hybridized carbons (Fsp3) is 0.357. The molecule has 3 heterocycles. The van der Waals surface area contributed by atoms with Crippen LogP contribution in [0.5, 0.6) is 0 Å². The third-order valence-corrected chi connectivity index (χ3v) is 10.5. The lowest BCUT2D eigenvalue weighted by molar-refractivity contribution is 0.536. The van der Waals surface area contributed by atoms with Gasteiger partial charge in [0.25, 0.3) is 0 Å². The summed E-state index contributed by atoms with van der Waals surface area (Å²) in [6.07, 6.45) is 5.38. The van der Waals surface area contributed by atoms with Crippen molar-refractivity contribution >= 4 is 22.1 Å². The van der Waals surface area contributed by atoms with Gasteiger partial charge in [0, 0.05) is 49.3 Å². The maximum absolute atomic E-state index is 15.4. The zero-order valence-corrected chi connectivity index (χ0v) is 24.3. The number of fused-ring (bicyclic) bond motifs is 1. The number of rotatable bonds is 5. The molecular formula is C28H31ClF2N6O2S. The van der Waals surface area contributed by atoms with Crippen molar-refractivity contribution < 1.29 is 13.0 Å². The Balaban J connectivity index is 0.00000323. The van der Waals surface area contributed by atoms with Gasteiger partial charge in [0.15, 0.2) is 0 Å². The number of imidazole rings is 1.